The van der Waals surface area contributed by atoms with Crippen molar-refractivity contribution in [2.75, 3.05) is 6.54 Å². The predicted molar refractivity (Wildman–Crippen MR) is 171 cm³/mol. The van der Waals surface area contributed by atoms with E-state index in [-0.39, 0.29) is 18.3 Å². The van der Waals surface area contributed by atoms with Gasteiger partial charge in [0.25, 0.3) is 5.91 Å². The van der Waals surface area contributed by atoms with E-state index in [4.69, 9.17) is 10.8 Å². The van der Waals surface area contributed by atoms with E-state index in [1.54, 1.807) is 29.4 Å². The average Bonchev–Trinajstić information content (AvgIpc) is 3.43. The molecule has 7 nitrogen and oxygen atoms in total. The van der Waals surface area contributed by atoms with Gasteiger partial charge >= 0.3 is 0 Å². The molecule has 5 aromatic rings. The summed E-state index contributed by atoms with van der Waals surface area (Å²) < 4.78 is 0. The summed E-state index contributed by atoms with van der Waals surface area (Å²) in [6.45, 7) is 4.68. The highest BCUT2D eigenvalue weighted by molar-refractivity contribution is 6.02. The minimum absolute atomic E-state index is 0.0436. The lowest BCUT2D eigenvalue weighted by Gasteiger charge is -2.26. The molecular weight excluding hydrogens is 520 g/mol. The van der Waals surface area contributed by atoms with Crippen LogP contribution in [0.5, 0.6) is 0 Å². The van der Waals surface area contributed by atoms with Crippen LogP contribution in [0.25, 0.3) is 10.9 Å². The highest BCUT2D eigenvalue weighted by Crippen LogP contribution is 2.15. The van der Waals surface area contributed by atoms with Crippen LogP contribution in [0.15, 0.2) is 110 Å². The Morgan fingerprint density at radius 2 is 1.50 bits per heavy atom. The Morgan fingerprint density at radius 3 is 2.19 bits per heavy atom. The Balaban J connectivity index is 0.000000337. The second-order valence-corrected chi connectivity index (χ2v) is 10.1. The first-order valence-electron chi connectivity index (χ1n) is 14.2. The molecule has 0 saturated carbocycles. The first kappa shape index (κ1) is 29.9. The largest absolute Gasteiger partial charge is 0.361 e. The van der Waals surface area contributed by atoms with Gasteiger partial charge in [0.15, 0.2) is 0 Å². The van der Waals surface area contributed by atoms with Crippen molar-refractivity contribution in [2.24, 2.45) is 0 Å². The summed E-state index contributed by atoms with van der Waals surface area (Å²) in [6, 6.07) is 29.9. The van der Waals surface area contributed by atoms with Gasteiger partial charge < -0.3 is 15.2 Å². The first-order valence-corrected chi connectivity index (χ1v) is 14.2. The van der Waals surface area contributed by atoms with Crippen LogP contribution in [0, 0.1) is 17.7 Å². The summed E-state index contributed by atoms with van der Waals surface area (Å²) in [5.41, 5.74) is 6.46. The fourth-order valence-corrected chi connectivity index (χ4v) is 4.54. The number of benzene rings is 3. The molecule has 4 N–H and O–H groups in total. The topological polar surface area (TPSA) is 109 Å². The van der Waals surface area contributed by atoms with E-state index < -0.39 is 0 Å². The van der Waals surface area contributed by atoms with Crippen LogP contribution >= 0.6 is 0 Å². The number of pyridine rings is 1. The number of aromatic amines is 1. The molecule has 0 fully saturated rings. The van der Waals surface area contributed by atoms with Gasteiger partial charge in [-0.25, -0.2) is 0 Å². The van der Waals surface area contributed by atoms with Crippen LogP contribution in [0.2, 0.25) is 0 Å². The average molecular weight is 559 g/mol. The number of fused-ring (bicyclic) bond motifs is 1. The predicted octanol–water partition coefficient (Wildman–Crippen LogP) is 6.94. The molecule has 0 aliphatic heterocycles. The van der Waals surface area contributed by atoms with E-state index >= 15 is 0 Å². The highest BCUT2D eigenvalue weighted by atomic mass is 16.1. The summed E-state index contributed by atoms with van der Waals surface area (Å²) in [5, 5.41) is 21.4. The van der Waals surface area contributed by atoms with Gasteiger partial charge in [-0.2, -0.15) is 0 Å². The molecule has 1 amide bonds. The third-order valence-electron chi connectivity index (χ3n) is 7.07. The second-order valence-electron chi connectivity index (χ2n) is 10.1. The van der Waals surface area contributed by atoms with E-state index in [0.717, 1.165) is 24.0 Å². The number of hydrogen-bond donors (Lipinski definition) is 4. The van der Waals surface area contributed by atoms with Gasteiger partial charge in [0.1, 0.15) is 11.7 Å². The molecule has 214 valence electrons. The van der Waals surface area contributed by atoms with Crippen molar-refractivity contribution in [2.45, 2.75) is 39.7 Å². The summed E-state index contributed by atoms with van der Waals surface area (Å²) in [6.07, 6.45) is 7.36. The summed E-state index contributed by atoms with van der Waals surface area (Å²) >= 11 is 0. The number of carbonyl (C=O) groups is 1. The molecule has 0 spiro atoms. The molecule has 2 aromatic heterocycles. The van der Waals surface area contributed by atoms with Gasteiger partial charge in [-0.15, -0.1) is 0 Å². The highest BCUT2D eigenvalue weighted by Gasteiger charge is 2.17. The number of rotatable bonds is 9. The number of amidine groups is 2. The summed E-state index contributed by atoms with van der Waals surface area (Å²) in [5.74, 6) is 0.279. The lowest BCUT2D eigenvalue weighted by atomic mass is 10.1. The fraction of sp³-hybridized carbons (Fsp3) is 0.200. The number of para-hydroxylation sites is 1. The third kappa shape index (κ3) is 8.48. The fourth-order valence-electron chi connectivity index (χ4n) is 4.54. The molecule has 0 bridgehead atoms. The number of aryl methyl sites for hydroxylation is 3. The van der Waals surface area contributed by atoms with E-state index in [1.165, 1.54) is 22.0 Å². The molecule has 42 heavy (non-hydrogen) atoms. The normalized spacial score (nSPS) is 10.4. The van der Waals surface area contributed by atoms with Gasteiger partial charge in [0.2, 0.25) is 0 Å². The van der Waals surface area contributed by atoms with Crippen molar-refractivity contribution in [3.8, 4) is 0 Å². The van der Waals surface area contributed by atoms with Gasteiger partial charge in [0, 0.05) is 41.5 Å². The zero-order valence-corrected chi connectivity index (χ0v) is 24.2. The third-order valence-corrected chi connectivity index (χ3v) is 7.07. The number of nitrogens with one attached hydrogen (secondary N) is 4. The number of carbonyl (C=O) groups excluding carboxylic acids is 1. The van der Waals surface area contributed by atoms with Crippen molar-refractivity contribution in [1.82, 2.24) is 20.2 Å². The quantitative estimate of drug-likeness (QED) is 0.116. The smallest absolute Gasteiger partial charge is 0.251 e. The molecule has 7 heteroatoms. The molecule has 2 heterocycles. The monoisotopic (exact) mass is 558 g/mol. The Hall–Kier alpha value is -5.04. The molecule has 0 saturated heterocycles. The number of H-pyrrole nitrogens is 1. The number of amides is 1. The van der Waals surface area contributed by atoms with Crippen molar-refractivity contribution >= 4 is 28.5 Å². The lowest BCUT2D eigenvalue weighted by Crippen LogP contribution is -2.42. The van der Waals surface area contributed by atoms with E-state index in [9.17, 15) is 4.79 Å². The van der Waals surface area contributed by atoms with Crippen LogP contribution in [-0.4, -0.2) is 39.0 Å². The van der Waals surface area contributed by atoms with Crippen LogP contribution in [0.4, 0.5) is 0 Å². The lowest BCUT2D eigenvalue weighted by molar-refractivity contribution is 0.0958. The maximum absolute atomic E-state index is 12.4. The Labute approximate surface area is 247 Å². The number of hydrogen-bond acceptors (Lipinski definition) is 4. The van der Waals surface area contributed by atoms with Crippen LogP contribution < -0.4 is 5.32 Å². The molecule has 0 radical (unpaired) electrons. The van der Waals surface area contributed by atoms with E-state index in [2.05, 4.69) is 59.5 Å². The van der Waals surface area contributed by atoms with Crippen molar-refractivity contribution < 1.29 is 4.79 Å². The van der Waals surface area contributed by atoms with Crippen LogP contribution in [0.1, 0.15) is 46.0 Å². The number of nitrogens with zero attached hydrogens (tertiary/aromatic N) is 2. The SMILES string of the molecule is CCc1ccc(CN(C(=N)CCc2ccccc2)C(=N)CNC(=O)c2ccncc2)cc1.Cc1c[nH]c2ccccc12. The summed E-state index contributed by atoms with van der Waals surface area (Å²) in [4.78, 5) is 21.2. The maximum atomic E-state index is 12.4. The molecule has 0 unspecified atom stereocenters. The van der Waals surface area contributed by atoms with Gasteiger partial charge in [-0.3, -0.25) is 20.6 Å². The minimum atomic E-state index is -0.264. The second kappa shape index (κ2) is 15.1. The van der Waals surface area contributed by atoms with E-state index in [0.29, 0.717) is 24.4 Å². The zero-order chi connectivity index (χ0) is 29.7. The Kier molecular flexibility index (Phi) is 10.8. The van der Waals surface area contributed by atoms with Crippen molar-refractivity contribution in [1.29, 1.82) is 10.8 Å². The number of aromatic nitrogens is 2. The molecule has 0 aliphatic carbocycles. The molecule has 0 aliphatic rings. The van der Waals surface area contributed by atoms with Crippen molar-refractivity contribution in [3.63, 3.8) is 0 Å². The van der Waals surface area contributed by atoms with Gasteiger partial charge in [-0.1, -0.05) is 79.7 Å². The summed E-state index contributed by atoms with van der Waals surface area (Å²) in [7, 11) is 0. The Bertz CT molecular complexity index is 1590. The standard InChI is InChI=1S/C26H29N5O.C9H9N/c1-2-20-8-10-22(11-9-20)19-31(24(27)13-12-21-6-4-3-5-7-21)25(28)18-30-26(32)23-14-16-29-17-15-23;1-7-6-10-9-5-3-2-4-8(7)9/h3-11,14-17,27-28H,2,12-13,18-19H2,1H3,(H,30,32);2-6,10H,1H3. The first-order chi connectivity index (χ1) is 20.4. The van der Waals surface area contributed by atoms with Crippen molar-refractivity contribution in [3.05, 3.63) is 137 Å². The van der Waals surface area contributed by atoms with Gasteiger partial charge in [-0.05, 0) is 60.2 Å². The van der Waals surface area contributed by atoms with E-state index in [1.807, 2.05) is 54.7 Å². The molecule has 0 atom stereocenters. The van der Waals surface area contributed by atoms with Gasteiger partial charge in [0.05, 0.1) is 13.1 Å². The molecule has 3 aromatic carbocycles. The maximum Gasteiger partial charge on any atom is 0.251 e. The van der Waals surface area contributed by atoms with Crippen LogP contribution in [-0.2, 0) is 19.4 Å². The minimum Gasteiger partial charge on any atom is -0.361 e. The molecule has 5 rings (SSSR count). The molecular formula is C35H38N6O. The Morgan fingerprint density at radius 1 is 0.833 bits per heavy atom. The zero-order valence-electron chi connectivity index (χ0n) is 24.2. The van der Waals surface area contributed by atoms with Crippen LogP contribution in [0.3, 0.4) is 0 Å².